The van der Waals surface area contributed by atoms with Crippen LogP contribution in [0.2, 0.25) is 0 Å². The zero-order valence-corrected chi connectivity index (χ0v) is 8.91. The van der Waals surface area contributed by atoms with Crippen molar-refractivity contribution < 1.29 is 19.1 Å². The first-order valence-corrected chi connectivity index (χ1v) is 4.96. The van der Waals surface area contributed by atoms with Gasteiger partial charge in [0, 0.05) is 12.3 Å². The fourth-order valence-corrected chi connectivity index (χ4v) is 2.00. The van der Waals surface area contributed by atoms with Gasteiger partial charge in [0.15, 0.2) is 5.41 Å². The molecule has 1 aliphatic carbocycles. The molecule has 0 aromatic carbocycles. The highest BCUT2D eigenvalue weighted by atomic mass is 16.5. The summed E-state index contributed by atoms with van der Waals surface area (Å²) < 4.78 is 4.82. The van der Waals surface area contributed by atoms with Crippen molar-refractivity contribution in [3.05, 3.63) is 0 Å². The van der Waals surface area contributed by atoms with E-state index in [9.17, 15) is 14.4 Å². The van der Waals surface area contributed by atoms with Gasteiger partial charge in [-0.2, -0.15) is 0 Å². The fraction of sp³-hybridized carbons (Fsp3) is 0.700. The molecular weight excluding hydrogens is 198 g/mol. The summed E-state index contributed by atoms with van der Waals surface area (Å²) in [5.74, 6) is -2.22. The number of nitrogens with two attached hydrogens (primary N) is 1. The Balaban J connectivity index is 3.05. The highest BCUT2D eigenvalue weighted by Gasteiger charge is 2.56. The van der Waals surface area contributed by atoms with Crippen molar-refractivity contribution in [3.8, 4) is 0 Å². The van der Waals surface area contributed by atoms with Crippen LogP contribution in [-0.2, 0) is 19.1 Å². The van der Waals surface area contributed by atoms with E-state index in [-0.39, 0.29) is 25.2 Å². The summed E-state index contributed by atoms with van der Waals surface area (Å²) >= 11 is 0. The fourth-order valence-electron chi connectivity index (χ4n) is 2.00. The largest absolute Gasteiger partial charge is 0.465 e. The Morgan fingerprint density at radius 2 is 2.20 bits per heavy atom. The minimum atomic E-state index is -1.44. The van der Waals surface area contributed by atoms with Crippen molar-refractivity contribution >= 4 is 17.7 Å². The molecule has 2 atom stereocenters. The third-order valence-corrected chi connectivity index (χ3v) is 3.07. The van der Waals surface area contributed by atoms with Crippen molar-refractivity contribution in [3.63, 3.8) is 0 Å². The summed E-state index contributed by atoms with van der Waals surface area (Å²) in [6, 6.07) is 0. The second-order valence-electron chi connectivity index (χ2n) is 3.74. The van der Waals surface area contributed by atoms with Gasteiger partial charge in [0.1, 0.15) is 5.78 Å². The van der Waals surface area contributed by atoms with Gasteiger partial charge in [0.25, 0.3) is 0 Å². The maximum Gasteiger partial charge on any atom is 0.322 e. The zero-order valence-electron chi connectivity index (χ0n) is 8.91. The molecule has 0 aliphatic heterocycles. The summed E-state index contributed by atoms with van der Waals surface area (Å²) in [4.78, 5) is 34.4. The average Bonchev–Trinajstić information content (AvgIpc) is 2.45. The van der Waals surface area contributed by atoms with Crippen molar-refractivity contribution in [1.29, 1.82) is 0 Å². The lowest BCUT2D eigenvalue weighted by molar-refractivity contribution is -0.163. The molecule has 2 N–H and O–H groups in total. The summed E-state index contributed by atoms with van der Waals surface area (Å²) in [6.45, 7) is 3.37. The number of Topliss-reactive ketones (excluding diaryl/α,β-unsaturated/α-hetero) is 1. The molecule has 1 saturated carbocycles. The predicted octanol–water partition coefficient (Wildman–Crippen LogP) is 0.0202. The number of hydrogen-bond donors (Lipinski definition) is 1. The monoisotopic (exact) mass is 213 g/mol. The molecule has 5 nitrogen and oxygen atoms in total. The SMILES string of the molecule is CCOC(=O)C1(C(N)=O)CCC(=O)C1C. The van der Waals surface area contributed by atoms with Gasteiger partial charge in [0.05, 0.1) is 6.61 Å². The number of amides is 1. The second-order valence-corrected chi connectivity index (χ2v) is 3.74. The Labute approximate surface area is 88.0 Å². The van der Waals surface area contributed by atoms with Crippen molar-refractivity contribution in [2.24, 2.45) is 17.1 Å². The van der Waals surface area contributed by atoms with Gasteiger partial charge in [-0.15, -0.1) is 0 Å². The molecule has 1 amide bonds. The van der Waals surface area contributed by atoms with Crippen molar-refractivity contribution in [2.45, 2.75) is 26.7 Å². The van der Waals surface area contributed by atoms with Crippen LogP contribution in [0.3, 0.4) is 0 Å². The van der Waals surface area contributed by atoms with Crippen LogP contribution < -0.4 is 5.73 Å². The van der Waals surface area contributed by atoms with Crippen molar-refractivity contribution in [1.82, 2.24) is 0 Å². The summed E-state index contributed by atoms with van der Waals surface area (Å²) in [5.41, 5.74) is 3.79. The molecular formula is C10H15NO4. The standard InChI is InChI=1S/C10H15NO4/c1-3-15-9(14)10(8(11)13)5-4-7(12)6(10)2/h6H,3-5H2,1-2H3,(H2,11,13). The van der Waals surface area contributed by atoms with E-state index in [1.165, 1.54) is 0 Å². The third kappa shape index (κ3) is 1.62. The van der Waals surface area contributed by atoms with Crippen LogP contribution in [0.25, 0.3) is 0 Å². The van der Waals surface area contributed by atoms with E-state index in [0.717, 1.165) is 0 Å². The molecule has 15 heavy (non-hydrogen) atoms. The highest BCUT2D eigenvalue weighted by molar-refractivity contribution is 6.08. The Morgan fingerprint density at radius 3 is 2.53 bits per heavy atom. The van der Waals surface area contributed by atoms with E-state index >= 15 is 0 Å². The molecule has 84 valence electrons. The van der Waals surface area contributed by atoms with Crippen LogP contribution in [0.15, 0.2) is 0 Å². The molecule has 0 radical (unpaired) electrons. The Morgan fingerprint density at radius 1 is 1.60 bits per heavy atom. The normalized spacial score (nSPS) is 30.3. The molecule has 0 saturated heterocycles. The van der Waals surface area contributed by atoms with Gasteiger partial charge in [-0.25, -0.2) is 0 Å². The van der Waals surface area contributed by atoms with E-state index in [4.69, 9.17) is 10.5 Å². The lowest BCUT2D eigenvalue weighted by atomic mass is 9.78. The Bertz CT molecular complexity index is 313. The van der Waals surface area contributed by atoms with Gasteiger partial charge in [-0.1, -0.05) is 6.92 Å². The number of esters is 1. The molecule has 2 unspecified atom stereocenters. The molecule has 0 aromatic rings. The summed E-state index contributed by atoms with van der Waals surface area (Å²) in [5, 5.41) is 0. The minimum absolute atomic E-state index is 0.109. The molecule has 0 aromatic heterocycles. The number of carbonyl (C=O) groups excluding carboxylic acids is 3. The zero-order chi connectivity index (χ0) is 11.6. The number of hydrogen-bond acceptors (Lipinski definition) is 4. The van der Waals surface area contributed by atoms with Crippen LogP contribution in [0.4, 0.5) is 0 Å². The number of ketones is 1. The lowest BCUT2D eigenvalue weighted by Gasteiger charge is -2.26. The summed E-state index contributed by atoms with van der Waals surface area (Å²) in [7, 11) is 0. The molecule has 0 bridgehead atoms. The van der Waals surface area contributed by atoms with Crippen molar-refractivity contribution in [2.75, 3.05) is 6.61 Å². The van der Waals surface area contributed by atoms with E-state index in [1.54, 1.807) is 13.8 Å². The topological polar surface area (TPSA) is 86.5 Å². The van der Waals surface area contributed by atoms with Gasteiger partial charge in [-0.3, -0.25) is 14.4 Å². The Kier molecular flexibility index (Phi) is 3.12. The molecule has 1 fully saturated rings. The second kappa shape index (κ2) is 4.00. The number of primary amides is 1. The Hall–Kier alpha value is -1.39. The van der Waals surface area contributed by atoms with E-state index < -0.39 is 23.2 Å². The molecule has 1 rings (SSSR count). The molecule has 5 heteroatoms. The number of ether oxygens (including phenoxy) is 1. The first kappa shape index (κ1) is 11.7. The van der Waals surface area contributed by atoms with Crippen LogP contribution in [0.5, 0.6) is 0 Å². The van der Waals surface area contributed by atoms with Gasteiger partial charge in [-0.05, 0) is 13.3 Å². The van der Waals surface area contributed by atoms with E-state index in [2.05, 4.69) is 0 Å². The third-order valence-electron chi connectivity index (χ3n) is 3.07. The smallest absolute Gasteiger partial charge is 0.322 e. The predicted molar refractivity (Wildman–Crippen MR) is 51.7 cm³/mol. The van der Waals surface area contributed by atoms with Gasteiger partial charge >= 0.3 is 5.97 Å². The highest BCUT2D eigenvalue weighted by Crippen LogP contribution is 2.41. The first-order valence-electron chi connectivity index (χ1n) is 4.96. The minimum Gasteiger partial charge on any atom is -0.465 e. The first-order chi connectivity index (χ1) is 6.96. The van der Waals surface area contributed by atoms with Gasteiger partial charge < -0.3 is 10.5 Å². The molecule has 0 spiro atoms. The number of carbonyl (C=O) groups is 3. The molecule has 0 heterocycles. The van der Waals surface area contributed by atoms with E-state index in [1.807, 2.05) is 0 Å². The molecule has 1 aliphatic rings. The lowest BCUT2D eigenvalue weighted by Crippen LogP contribution is -2.47. The van der Waals surface area contributed by atoms with Crippen LogP contribution in [0.1, 0.15) is 26.7 Å². The van der Waals surface area contributed by atoms with Gasteiger partial charge in [0.2, 0.25) is 5.91 Å². The average molecular weight is 213 g/mol. The number of rotatable bonds is 3. The maximum atomic E-state index is 11.7. The van der Waals surface area contributed by atoms with E-state index in [0.29, 0.717) is 0 Å². The van der Waals surface area contributed by atoms with Crippen LogP contribution in [-0.4, -0.2) is 24.3 Å². The van der Waals surface area contributed by atoms with Crippen LogP contribution >= 0.6 is 0 Å². The maximum absolute atomic E-state index is 11.7. The van der Waals surface area contributed by atoms with Crippen LogP contribution in [0, 0.1) is 11.3 Å². The summed E-state index contributed by atoms with van der Waals surface area (Å²) in [6.07, 6.45) is 0.379. The quantitative estimate of drug-likeness (QED) is 0.529.